The molecule has 0 amide bonds. The van der Waals surface area contributed by atoms with Crippen molar-refractivity contribution >= 4 is 0 Å². The summed E-state index contributed by atoms with van der Waals surface area (Å²) in [6, 6.07) is 2.61. The summed E-state index contributed by atoms with van der Waals surface area (Å²) in [6.45, 7) is -0.212. The molecule has 0 saturated carbocycles. The van der Waals surface area contributed by atoms with Gasteiger partial charge in [0, 0.05) is 0 Å². The third-order valence-corrected chi connectivity index (χ3v) is 1.23. The summed E-state index contributed by atoms with van der Waals surface area (Å²) < 4.78 is 17.2. The standard InChI is InChI=1S/C7H8FNO2/c1-11-7-6(8)3-2-5(4-10)9-7/h2-3,10H,4H2,1H3. The minimum atomic E-state index is -0.523. The Bertz CT molecular complexity index is 252. The third kappa shape index (κ3) is 1.65. The molecule has 60 valence electrons. The minimum absolute atomic E-state index is 0.0865. The lowest BCUT2D eigenvalue weighted by Crippen LogP contribution is -1.96. The van der Waals surface area contributed by atoms with Gasteiger partial charge in [-0.1, -0.05) is 0 Å². The zero-order valence-electron chi connectivity index (χ0n) is 6.04. The summed E-state index contributed by atoms with van der Waals surface area (Å²) in [4.78, 5) is 3.66. The first-order valence-electron chi connectivity index (χ1n) is 3.08. The first-order valence-corrected chi connectivity index (χ1v) is 3.08. The van der Waals surface area contributed by atoms with Crippen molar-refractivity contribution in [1.29, 1.82) is 0 Å². The van der Waals surface area contributed by atoms with Gasteiger partial charge in [-0.25, -0.2) is 9.37 Å². The molecule has 0 atom stereocenters. The number of ether oxygens (including phenoxy) is 1. The highest BCUT2D eigenvalue weighted by atomic mass is 19.1. The van der Waals surface area contributed by atoms with Crippen molar-refractivity contribution < 1.29 is 14.2 Å². The average molecular weight is 157 g/mol. The fraction of sp³-hybridized carbons (Fsp3) is 0.286. The largest absolute Gasteiger partial charge is 0.479 e. The van der Waals surface area contributed by atoms with Gasteiger partial charge in [-0.15, -0.1) is 0 Å². The number of aliphatic hydroxyl groups excluding tert-OH is 1. The Hall–Kier alpha value is -1.16. The van der Waals surface area contributed by atoms with E-state index < -0.39 is 5.82 Å². The lowest BCUT2D eigenvalue weighted by molar-refractivity contribution is 0.273. The van der Waals surface area contributed by atoms with Crippen LogP contribution in [-0.4, -0.2) is 17.2 Å². The number of rotatable bonds is 2. The first-order chi connectivity index (χ1) is 5.27. The molecule has 0 saturated heterocycles. The van der Waals surface area contributed by atoms with Gasteiger partial charge in [0.2, 0.25) is 5.88 Å². The Labute approximate surface area is 63.5 Å². The number of halogens is 1. The summed E-state index contributed by atoms with van der Waals surface area (Å²) in [5, 5.41) is 8.61. The number of hydrogen-bond donors (Lipinski definition) is 1. The first kappa shape index (κ1) is 7.94. The number of nitrogens with zero attached hydrogens (tertiary/aromatic N) is 1. The predicted octanol–water partition coefficient (Wildman–Crippen LogP) is 0.722. The predicted molar refractivity (Wildman–Crippen MR) is 36.7 cm³/mol. The molecule has 1 aromatic heterocycles. The van der Waals surface area contributed by atoms with Gasteiger partial charge < -0.3 is 9.84 Å². The Morgan fingerprint density at radius 2 is 2.36 bits per heavy atom. The molecular weight excluding hydrogens is 149 g/mol. The highest BCUT2D eigenvalue weighted by molar-refractivity contribution is 5.17. The molecule has 0 radical (unpaired) electrons. The van der Waals surface area contributed by atoms with Gasteiger partial charge in [0.15, 0.2) is 5.82 Å². The summed E-state index contributed by atoms with van der Waals surface area (Å²) >= 11 is 0. The van der Waals surface area contributed by atoms with E-state index in [1.54, 1.807) is 0 Å². The van der Waals surface area contributed by atoms with Crippen LogP contribution in [0.3, 0.4) is 0 Å². The van der Waals surface area contributed by atoms with Gasteiger partial charge in [-0.05, 0) is 12.1 Å². The van der Waals surface area contributed by atoms with E-state index in [9.17, 15) is 4.39 Å². The molecule has 1 N–H and O–H groups in total. The topological polar surface area (TPSA) is 42.4 Å². The van der Waals surface area contributed by atoms with Crippen LogP contribution in [0.2, 0.25) is 0 Å². The van der Waals surface area contributed by atoms with Crippen molar-refractivity contribution in [1.82, 2.24) is 4.98 Å². The fourth-order valence-electron chi connectivity index (χ4n) is 0.693. The van der Waals surface area contributed by atoms with Gasteiger partial charge in [-0.3, -0.25) is 0 Å². The Balaban J connectivity index is 3.02. The number of hydrogen-bond acceptors (Lipinski definition) is 3. The molecule has 1 heterocycles. The maximum Gasteiger partial charge on any atom is 0.250 e. The van der Waals surface area contributed by atoms with Crippen LogP contribution in [0.5, 0.6) is 5.88 Å². The van der Waals surface area contributed by atoms with Crippen LogP contribution in [0.1, 0.15) is 5.69 Å². The normalized spacial score (nSPS) is 9.73. The van der Waals surface area contributed by atoms with E-state index in [1.807, 2.05) is 0 Å². The van der Waals surface area contributed by atoms with Gasteiger partial charge in [-0.2, -0.15) is 0 Å². The summed E-state index contributed by atoms with van der Waals surface area (Å²) in [6.07, 6.45) is 0. The number of aliphatic hydroxyl groups is 1. The quantitative estimate of drug-likeness (QED) is 0.687. The molecular formula is C7H8FNO2. The number of methoxy groups -OCH3 is 1. The molecule has 11 heavy (non-hydrogen) atoms. The zero-order valence-corrected chi connectivity index (χ0v) is 6.04. The number of aromatic nitrogens is 1. The summed E-state index contributed by atoms with van der Waals surface area (Å²) in [7, 11) is 1.33. The molecule has 0 aliphatic rings. The summed E-state index contributed by atoms with van der Waals surface area (Å²) in [5.41, 5.74) is 0.392. The smallest absolute Gasteiger partial charge is 0.250 e. The minimum Gasteiger partial charge on any atom is -0.479 e. The monoisotopic (exact) mass is 157 g/mol. The Kier molecular flexibility index (Phi) is 2.38. The van der Waals surface area contributed by atoms with Gasteiger partial charge in [0.25, 0.3) is 0 Å². The van der Waals surface area contributed by atoms with E-state index in [1.165, 1.54) is 19.2 Å². The second kappa shape index (κ2) is 3.30. The van der Waals surface area contributed by atoms with Crippen LogP contribution >= 0.6 is 0 Å². The average Bonchev–Trinajstić information content (AvgIpc) is 2.05. The zero-order chi connectivity index (χ0) is 8.27. The van der Waals surface area contributed by atoms with Crippen LogP contribution in [-0.2, 0) is 6.61 Å². The van der Waals surface area contributed by atoms with E-state index in [0.717, 1.165) is 0 Å². The lowest BCUT2D eigenvalue weighted by atomic mass is 10.3. The van der Waals surface area contributed by atoms with Crippen LogP contribution in [0.4, 0.5) is 4.39 Å². The molecule has 0 aliphatic heterocycles. The van der Waals surface area contributed by atoms with E-state index >= 15 is 0 Å². The van der Waals surface area contributed by atoms with Crippen molar-refractivity contribution in [3.05, 3.63) is 23.6 Å². The molecule has 0 unspecified atom stereocenters. The maximum absolute atomic E-state index is 12.6. The van der Waals surface area contributed by atoms with Gasteiger partial charge in [0.05, 0.1) is 19.4 Å². The van der Waals surface area contributed by atoms with Gasteiger partial charge >= 0.3 is 0 Å². The molecule has 4 heteroatoms. The molecule has 0 spiro atoms. The second-order valence-electron chi connectivity index (χ2n) is 1.95. The Morgan fingerprint density at radius 3 is 2.91 bits per heavy atom. The third-order valence-electron chi connectivity index (χ3n) is 1.23. The molecule has 0 aliphatic carbocycles. The SMILES string of the molecule is COc1nc(CO)ccc1F. The lowest BCUT2D eigenvalue weighted by Gasteiger charge is -2.01. The molecule has 1 aromatic rings. The van der Waals surface area contributed by atoms with E-state index in [4.69, 9.17) is 5.11 Å². The van der Waals surface area contributed by atoms with Crippen LogP contribution in [0.25, 0.3) is 0 Å². The highest BCUT2D eigenvalue weighted by Gasteiger charge is 2.03. The maximum atomic E-state index is 12.6. The van der Waals surface area contributed by atoms with E-state index in [-0.39, 0.29) is 12.5 Å². The van der Waals surface area contributed by atoms with E-state index in [0.29, 0.717) is 5.69 Å². The van der Waals surface area contributed by atoms with Crippen molar-refractivity contribution in [3.8, 4) is 5.88 Å². The van der Waals surface area contributed by atoms with Crippen LogP contribution < -0.4 is 4.74 Å². The molecule has 0 bridgehead atoms. The Morgan fingerprint density at radius 1 is 1.64 bits per heavy atom. The molecule has 0 aromatic carbocycles. The fourth-order valence-corrected chi connectivity index (χ4v) is 0.693. The van der Waals surface area contributed by atoms with Crippen molar-refractivity contribution in [2.45, 2.75) is 6.61 Å². The van der Waals surface area contributed by atoms with Crippen LogP contribution in [0.15, 0.2) is 12.1 Å². The van der Waals surface area contributed by atoms with Crippen molar-refractivity contribution in [2.75, 3.05) is 7.11 Å². The molecule has 3 nitrogen and oxygen atoms in total. The molecule has 0 fully saturated rings. The van der Waals surface area contributed by atoms with E-state index in [2.05, 4.69) is 9.72 Å². The van der Waals surface area contributed by atoms with Crippen LogP contribution in [0, 0.1) is 5.82 Å². The van der Waals surface area contributed by atoms with Gasteiger partial charge in [0.1, 0.15) is 0 Å². The second-order valence-corrected chi connectivity index (χ2v) is 1.95. The highest BCUT2D eigenvalue weighted by Crippen LogP contribution is 2.12. The molecule has 1 rings (SSSR count). The summed E-state index contributed by atoms with van der Waals surface area (Å²) in [5.74, 6) is -0.610. The van der Waals surface area contributed by atoms with Crippen molar-refractivity contribution in [3.63, 3.8) is 0 Å². The van der Waals surface area contributed by atoms with Crippen molar-refractivity contribution in [2.24, 2.45) is 0 Å². The number of pyridine rings is 1.